The van der Waals surface area contributed by atoms with Gasteiger partial charge in [0.2, 0.25) is 0 Å². The Hall–Kier alpha value is -3.81. The number of aliphatic carboxylic acids is 1. The Morgan fingerprint density at radius 1 is 1.03 bits per heavy atom. The van der Waals surface area contributed by atoms with Gasteiger partial charge in [-0.15, -0.1) is 0 Å². The third-order valence-electron chi connectivity index (χ3n) is 6.45. The summed E-state index contributed by atoms with van der Waals surface area (Å²) in [6, 6.07) is 13.5. The van der Waals surface area contributed by atoms with Crippen LogP contribution in [0.15, 0.2) is 71.4 Å². The predicted molar refractivity (Wildman–Crippen MR) is 155 cm³/mol. The van der Waals surface area contributed by atoms with Crippen LogP contribution in [0.3, 0.4) is 0 Å². The molecule has 38 heavy (non-hydrogen) atoms. The first-order chi connectivity index (χ1) is 18.4. The third kappa shape index (κ3) is 12.9. The van der Waals surface area contributed by atoms with E-state index in [1.165, 1.54) is 6.08 Å². The van der Waals surface area contributed by atoms with Crippen molar-refractivity contribution in [3.8, 4) is 0 Å². The lowest BCUT2D eigenvalue weighted by Crippen LogP contribution is -2.24. The van der Waals surface area contributed by atoms with Gasteiger partial charge in [-0.3, -0.25) is 0 Å². The minimum absolute atomic E-state index is 0.0766. The van der Waals surface area contributed by atoms with Crippen molar-refractivity contribution in [3.05, 3.63) is 77.3 Å². The number of aromatic nitrogens is 1. The van der Waals surface area contributed by atoms with E-state index in [4.69, 9.17) is 16.8 Å². The summed E-state index contributed by atoms with van der Waals surface area (Å²) in [5, 5.41) is 14.3. The van der Waals surface area contributed by atoms with Crippen LogP contribution in [0.4, 0.5) is 5.82 Å². The minimum atomic E-state index is -1.05. The summed E-state index contributed by atoms with van der Waals surface area (Å²) < 4.78 is 0. The summed E-state index contributed by atoms with van der Waals surface area (Å²) in [4.78, 5) is 29.6. The molecule has 206 valence electrons. The third-order valence-corrected chi connectivity index (χ3v) is 6.45. The Morgan fingerprint density at radius 3 is 2.39 bits per heavy atom. The Bertz CT molecular complexity index is 1030. The Balaban J connectivity index is 2.12. The SMILES string of the molecule is C[C@H](C=O)CCCCCC[C@H](/C=C/c1ccccc1)CC[C@@H]([N-]c1ccc[nH]1)/C(=C/C(=O)O)CN=C(N)N. The molecule has 2 aromatic rings. The van der Waals surface area contributed by atoms with Gasteiger partial charge in [-0.2, -0.15) is 0 Å². The van der Waals surface area contributed by atoms with Crippen LogP contribution in [0, 0.1) is 11.8 Å². The molecule has 0 unspecified atom stereocenters. The van der Waals surface area contributed by atoms with Crippen molar-refractivity contribution in [1.29, 1.82) is 0 Å². The van der Waals surface area contributed by atoms with Crippen molar-refractivity contribution < 1.29 is 14.7 Å². The van der Waals surface area contributed by atoms with Crippen molar-refractivity contribution in [2.45, 2.75) is 64.3 Å². The second-order valence-corrected chi connectivity index (χ2v) is 9.71. The zero-order valence-electron chi connectivity index (χ0n) is 22.3. The number of nitrogens with two attached hydrogens (primary N) is 2. The van der Waals surface area contributed by atoms with E-state index in [1.54, 1.807) is 6.20 Å². The van der Waals surface area contributed by atoms with Crippen LogP contribution in [0.5, 0.6) is 0 Å². The molecule has 0 spiro atoms. The second kappa shape index (κ2) is 17.6. The number of nitrogens with one attached hydrogen (secondary N) is 1. The van der Waals surface area contributed by atoms with Crippen molar-refractivity contribution in [2.75, 3.05) is 6.54 Å². The topological polar surface area (TPSA) is 149 Å². The Morgan fingerprint density at radius 2 is 1.76 bits per heavy atom. The molecule has 8 heteroatoms. The minimum Gasteiger partial charge on any atom is -0.478 e. The molecule has 3 atom stereocenters. The molecule has 1 aromatic carbocycles. The van der Waals surface area contributed by atoms with Gasteiger partial charge in [0, 0.05) is 12.0 Å². The lowest BCUT2D eigenvalue weighted by molar-refractivity contribution is -0.131. The highest BCUT2D eigenvalue weighted by Crippen LogP contribution is 2.30. The summed E-state index contributed by atoms with van der Waals surface area (Å²) in [5.74, 6) is -0.0338. The largest absolute Gasteiger partial charge is 0.478 e. The highest BCUT2D eigenvalue weighted by atomic mass is 16.4. The van der Waals surface area contributed by atoms with E-state index in [0.29, 0.717) is 23.7 Å². The number of aldehydes is 1. The molecule has 0 aliphatic carbocycles. The molecule has 0 aliphatic heterocycles. The fourth-order valence-electron chi connectivity index (χ4n) is 4.30. The molecule has 6 N–H and O–H groups in total. The van der Waals surface area contributed by atoms with Gasteiger partial charge in [0.25, 0.3) is 0 Å². The number of carboxylic acid groups (broad SMARTS) is 1. The van der Waals surface area contributed by atoms with Gasteiger partial charge in [-0.05, 0) is 48.8 Å². The van der Waals surface area contributed by atoms with Crippen molar-refractivity contribution in [3.63, 3.8) is 0 Å². The molecule has 8 nitrogen and oxygen atoms in total. The molecule has 0 bridgehead atoms. The van der Waals surface area contributed by atoms with Crippen molar-refractivity contribution in [1.82, 2.24) is 4.98 Å². The Kier molecular flexibility index (Phi) is 14.1. The maximum atomic E-state index is 11.6. The molecular weight excluding hydrogens is 478 g/mol. The van der Waals surface area contributed by atoms with E-state index in [0.717, 1.165) is 56.8 Å². The Labute approximate surface area is 226 Å². The van der Waals surface area contributed by atoms with Gasteiger partial charge >= 0.3 is 5.97 Å². The van der Waals surface area contributed by atoms with E-state index in [1.807, 2.05) is 37.3 Å². The van der Waals surface area contributed by atoms with Gasteiger partial charge in [0.05, 0.1) is 6.54 Å². The van der Waals surface area contributed by atoms with Crippen LogP contribution >= 0.6 is 0 Å². The normalized spacial score (nSPS) is 14.1. The van der Waals surface area contributed by atoms with E-state index < -0.39 is 5.97 Å². The van der Waals surface area contributed by atoms with Crippen molar-refractivity contribution in [2.24, 2.45) is 28.3 Å². The first-order valence-corrected chi connectivity index (χ1v) is 13.4. The lowest BCUT2D eigenvalue weighted by Gasteiger charge is -2.28. The quantitative estimate of drug-likeness (QED) is 0.0593. The smallest absolute Gasteiger partial charge is 0.328 e. The average Bonchev–Trinajstić information content (AvgIpc) is 3.42. The first-order valence-electron chi connectivity index (χ1n) is 13.4. The van der Waals surface area contributed by atoms with Gasteiger partial charge in [-0.1, -0.05) is 99.2 Å². The number of allylic oxidation sites excluding steroid dienone is 1. The van der Waals surface area contributed by atoms with Gasteiger partial charge in [-0.25, -0.2) is 9.79 Å². The summed E-state index contributed by atoms with van der Waals surface area (Å²) >= 11 is 0. The summed E-state index contributed by atoms with van der Waals surface area (Å²) in [5.41, 5.74) is 12.8. The number of hydrogen-bond acceptors (Lipinski definition) is 3. The number of guanidine groups is 1. The average molecular weight is 521 g/mol. The molecule has 2 rings (SSSR count). The maximum absolute atomic E-state index is 11.6. The van der Waals surface area contributed by atoms with Crippen LogP contribution in [0.1, 0.15) is 63.9 Å². The lowest BCUT2D eigenvalue weighted by atomic mass is 9.90. The summed E-state index contributed by atoms with van der Waals surface area (Å²) in [7, 11) is 0. The molecular formula is C30H42N5O3-. The van der Waals surface area contributed by atoms with Gasteiger partial charge in [0.15, 0.2) is 5.96 Å². The number of H-pyrrole nitrogens is 1. The molecule has 0 radical (unpaired) electrons. The van der Waals surface area contributed by atoms with E-state index in [-0.39, 0.29) is 24.5 Å². The van der Waals surface area contributed by atoms with Crippen LogP contribution < -0.4 is 11.5 Å². The molecule has 0 saturated heterocycles. The van der Waals surface area contributed by atoms with E-state index >= 15 is 0 Å². The summed E-state index contributed by atoms with van der Waals surface area (Å²) in [6.45, 7) is 2.04. The van der Waals surface area contributed by atoms with Crippen LogP contribution in [0.2, 0.25) is 0 Å². The first kappa shape index (κ1) is 30.4. The number of hydrogen-bond donors (Lipinski definition) is 4. The molecule has 0 saturated carbocycles. The number of carboxylic acids is 1. The number of nitrogens with zero attached hydrogens (tertiary/aromatic N) is 2. The standard InChI is InChI=1S/C30H42N5O3/c1-23(22-36)10-5-2-3-6-13-25(16-15-24-11-7-4-8-12-24)17-18-27(35-28-14-9-19-33-28)26(20-29(37)38)21-34-30(31)32/h4,7-9,11-12,14-16,19-20,22-23,25,27,33H,2-3,5-6,10,13,17-18,21H2,1H3,(H,37,38)(H4,31,32,34)/q-1/b16-15+,26-20+/t23-,25+,27+/m0/s1. The van der Waals surface area contributed by atoms with Gasteiger partial charge in [0.1, 0.15) is 6.29 Å². The second-order valence-electron chi connectivity index (χ2n) is 9.71. The molecule has 0 fully saturated rings. The van der Waals surface area contributed by atoms with Gasteiger partial charge < -0.3 is 31.7 Å². The number of benzene rings is 1. The van der Waals surface area contributed by atoms with E-state index in [2.05, 4.69) is 34.3 Å². The van der Waals surface area contributed by atoms with Crippen molar-refractivity contribution >= 4 is 30.1 Å². The van der Waals surface area contributed by atoms with Crippen LogP contribution in [0.25, 0.3) is 11.4 Å². The number of carbonyl (C=O) groups excluding carboxylic acids is 1. The molecule has 1 aromatic heterocycles. The zero-order chi connectivity index (χ0) is 27.6. The predicted octanol–water partition coefficient (Wildman–Crippen LogP) is 5.96. The highest BCUT2D eigenvalue weighted by Gasteiger charge is 2.15. The number of aromatic amines is 1. The molecule has 0 amide bonds. The van der Waals surface area contributed by atoms with E-state index in [9.17, 15) is 14.7 Å². The van der Waals surface area contributed by atoms with Crippen LogP contribution in [-0.2, 0) is 9.59 Å². The zero-order valence-corrected chi connectivity index (χ0v) is 22.3. The van der Waals surface area contributed by atoms with Crippen LogP contribution in [-0.4, -0.2) is 40.9 Å². The number of aliphatic imine (C=N–C) groups is 1. The number of unbranched alkanes of at least 4 members (excludes halogenated alkanes) is 3. The monoisotopic (exact) mass is 520 g/mol. The highest BCUT2D eigenvalue weighted by molar-refractivity contribution is 5.81. The summed E-state index contributed by atoms with van der Waals surface area (Å²) in [6.07, 6.45) is 16.2. The number of rotatable bonds is 19. The molecule has 1 heterocycles. The molecule has 0 aliphatic rings. The maximum Gasteiger partial charge on any atom is 0.328 e. The fourth-order valence-corrected chi connectivity index (χ4v) is 4.30. The number of carbonyl (C=O) groups is 2. The fraction of sp³-hybridized carbons (Fsp3) is 0.433.